The number of fused-ring (bicyclic) bond motifs is 6. The van der Waals surface area contributed by atoms with Crippen LogP contribution in [0.4, 0.5) is 0 Å². The maximum atomic E-state index is 2.51. The zero-order valence-electron chi connectivity index (χ0n) is 23.2. The Hall–Kier alpha value is -3.90. The summed E-state index contributed by atoms with van der Waals surface area (Å²) < 4.78 is 0. The van der Waals surface area contributed by atoms with E-state index in [1.54, 1.807) is 0 Å². The van der Waals surface area contributed by atoms with Gasteiger partial charge in [0.25, 0.3) is 0 Å². The Balaban J connectivity index is 1.37. The molecule has 0 amide bonds. The molecule has 0 N–H and O–H groups in total. The van der Waals surface area contributed by atoms with Crippen molar-refractivity contribution in [2.24, 2.45) is 0 Å². The summed E-state index contributed by atoms with van der Waals surface area (Å²) in [7, 11) is 0. The molecule has 0 nitrogen and oxygen atoms in total. The van der Waals surface area contributed by atoms with Crippen molar-refractivity contribution >= 4 is 0 Å². The van der Waals surface area contributed by atoms with Gasteiger partial charge in [-0.15, -0.1) is 0 Å². The van der Waals surface area contributed by atoms with E-state index in [1.807, 2.05) is 0 Å². The molecular weight excluding hydrogens is 456 g/mol. The molecule has 0 aromatic heterocycles. The van der Waals surface area contributed by atoms with E-state index < -0.39 is 0 Å². The molecule has 0 saturated heterocycles. The van der Waals surface area contributed by atoms with Crippen LogP contribution in [0.5, 0.6) is 0 Å². The number of hydrogen-bond donors (Lipinski definition) is 0. The van der Waals surface area contributed by atoms with Crippen LogP contribution in [0.25, 0.3) is 44.5 Å². The molecule has 0 bridgehead atoms. The molecule has 0 radical (unpaired) electrons. The van der Waals surface area contributed by atoms with Gasteiger partial charge < -0.3 is 0 Å². The van der Waals surface area contributed by atoms with Crippen molar-refractivity contribution < 1.29 is 0 Å². The summed E-state index contributed by atoms with van der Waals surface area (Å²) in [6, 6.07) is 36.8. The molecule has 0 heteroatoms. The van der Waals surface area contributed by atoms with Crippen molar-refractivity contribution in [2.45, 2.75) is 52.4 Å². The molecule has 5 aromatic rings. The van der Waals surface area contributed by atoms with Gasteiger partial charge in [-0.1, -0.05) is 100 Å². The molecule has 38 heavy (non-hydrogen) atoms. The van der Waals surface area contributed by atoms with Crippen LogP contribution in [0.15, 0.2) is 97.1 Å². The summed E-state index contributed by atoms with van der Waals surface area (Å²) in [6.07, 6.45) is 0. The van der Waals surface area contributed by atoms with Crippen LogP contribution in [-0.2, 0) is 10.8 Å². The predicted molar refractivity (Wildman–Crippen MR) is 162 cm³/mol. The lowest BCUT2D eigenvalue weighted by molar-refractivity contribution is 0.652. The summed E-state index contributed by atoms with van der Waals surface area (Å²) in [5.74, 6) is 0. The average molecular weight is 491 g/mol. The molecule has 0 fully saturated rings. The van der Waals surface area contributed by atoms with Crippen molar-refractivity contribution in [3.05, 3.63) is 130 Å². The van der Waals surface area contributed by atoms with Gasteiger partial charge >= 0.3 is 0 Å². The lowest BCUT2D eigenvalue weighted by Crippen LogP contribution is -2.17. The van der Waals surface area contributed by atoms with E-state index in [-0.39, 0.29) is 10.8 Å². The van der Waals surface area contributed by atoms with Gasteiger partial charge in [-0.2, -0.15) is 0 Å². The van der Waals surface area contributed by atoms with E-state index in [9.17, 15) is 0 Å². The van der Waals surface area contributed by atoms with E-state index in [4.69, 9.17) is 0 Å². The summed E-state index contributed by atoms with van der Waals surface area (Å²) in [4.78, 5) is 0. The summed E-state index contributed by atoms with van der Waals surface area (Å²) in [5, 5.41) is 0. The van der Waals surface area contributed by atoms with Crippen molar-refractivity contribution in [3.63, 3.8) is 0 Å². The normalized spacial score (nSPS) is 15.5. The van der Waals surface area contributed by atoms with Crippen LogP contribution in [-0.4, -0.2) is 0 Å². The Labute approximate surface area is 227 Å². The first-order valence-corrected chi connectivity index (χ1v) is 13.8. The SMILES string of the molecule is Cc1ccc(-c2ccc3c(c2)C(C)(C)c2cc4c(cc2-3)C(C)(C)c2cc(-c3ccccc3)ccc2-4)cc1C. The smallest absolute Gasteiger partial charge is 0.0159 e. The van der Waals surface area contributed by atoms with Gasteiger partial charge in [0, 0.05) is 10.8 Å². The number of rotatable bonds is 2. The molecule has 2 aliphatic rings. The minimum absolute atomic E-state index is 0.0449. The Morgan fingerprint density at radius 1 is 0.368 bits per heavy atom. The topological polar surface area (TPSA) is 0 Å². The Bertz CT molecular complexity index is 1760. The van der Waals surface area contributed by atoms with Gasteiger partial charge in [0.2, 0.25) is 0 Å². The van der Waals surface area contributed by atoms with E-state index in [0.717, 1.165) is 0 Å². The Kier molecular flexibility index (Phi) is 4.77. The fourth-order valence-corrected chi connectivity index (χ4v) is 6.87. The van der Waals surface area contributed by atoms with Crippen LogP contribution >= 0.6 is 0 Å². The minimum atomic E-state index is -0.0493. The summed E-state index contributed by atoms with van der Waals surface area (Å²) >= 11 is 0. The van der Waals surface area contributed by atoms with E-state index in [1.165, 1.54) is 77.9 Å². The monoisotopic (exact) mass is 490 g/mol. The van der Waals surface area contributed by atoms with Gasteiger partial charge in [-0.3, -0.25) is 0 Å². The third-order valence-corrected chi connectivity index (χ3v) is 9.42. The van der Waals surface area contributed by atoms with E-state index in [2.05, 4.69) is 139 Å². The molecule has 2 aliphatic carbocycles. The standard InChI is InChI=1S/C38H34/c1-23-12-13-26(18-24(23)2)28-15-17-30-32-22-35-31(21-36(32)38(5,6)34(30)20-28)29-16-14-27(19-33(29)37(35,3)4)25-10-8-7-9-11-25/h7-22H,1-6H3. The third kappa shape index (κ3) is 3.16. The maximum absolute atomic E-state index is 2.51. The highest BCUT2D eigenvalue weighted by Gasteiger charge is 2.41. The minimum Gasteiger partial charge on any atom is -0.0622 e. The average Bonchev–Trinajstić information content (AvgIpc) is 3.28. The second-order valence-corrected chi connectivity index (χ2v) is 12.4. The zero-order valence-corrected chi connectivity index (χ0v) is 23.2. The highest BCUT2D eigenvalue weighted by Crippen LogP contribution is 2.56. The van der Waals surface area contributed by atoms with Gasteiger partial charge in [0.1, 0.15) is 0 Å². The lowest BCUT2D eigenvalue weighted by atomic mass is 9.79. The molecular formula is C38H34. The molecule has 5 aromatic carbocycles. The van der Waals surface area contributed by atoms with E-state index >= 15 is 0 Å². The largest absolute Gasteiger partial charge is 0.0622 e. The molecule has 0 spiro atoms. The van der Waals surface area contributed by atoms with Crippen LogP contribution in [0.2, 0.25) is 0 Å². The fourth-order valence-electron chi connectivity index (χ4n) is 6.87. The lowest BCUT2D eigenvalue weighted by Gasteiger charge is -2.24. The Morgan fingerprint density at radius 2 is 0.816 bits per heavy atom. The summed E-state index contributed by atoms with van der Waals surface area (Å²) in [6.45, 7) is 14.0. The van der Waals surface area contributed by atoms with Crippen LogP contribution in [0.3, 0.4) is 0 Å². The van der Waals surface area contributed by atoms with Gasteiger partial charge in [0.05, 0.1) is 0 Å². The molecule has 0 heterocycles. The first kappa shape index (κ1) is 23.2. The first-order chi connectivity index (χ1) is 18.2. The Morgan fingerprint density at radius 3 is 1.34 bits per heavy atom. The molecule has 7 rings (SSSR count). The third-order valence-electron chi connectivity index (χ3n) is 9.42. The number of benzene rings is 5. The van der Waals surface area contributed by atoms with E-state index in [0.29, 0.717) is 0 Å². The van der Waals surface area contributed by atoms with Crippen LogP contribution < -0.4 is 0 Å². The number of aryl methyl sites for hydroxylation is 2. The highest BCUT2D eigenvalue weighted by molar-refractivity contribution is 5.91. The first-order valence-electron chi connectivity index (χ1n) is 13.8. The van der Waals surface area contributed by atoms with Gasteiger partial charge in [-0.25, -0.2) is 0 Å². The van der Waals surface area contributed by atoms with Crippen molar-refractivity contribution in [2.75, 3.05) is 0 Å². The molecule has 186 valence electrons. The van der Waals surface area contributed by atoms with Crippen molar-refractivity contribution in [3.8, 4) is 44.5 Å². The zero-order chi connectivity index (χ0) is 26.4. The molecule has 0 atom stereocenters. The second-order valence-electron chi connectivity index (χ2n) is 12.4. The van der Waals surface area contributed by atoms with Gasteiger partial charge in [-0.05, 0) is 116 Å². The highest BCUT2D eigenvalue weighted by atomic mass is 14.4. The summed E-state index contributed by atoms with van der Waals surface area (Å²) in [5.41, 5.74) is 19.1. The van der Waals surface area contributed by atoms with Crippen LogP contribution in [0.1, 0.15) is 61.1 Å². The molecule has 0 unspecified atom stereocenters. The van der Waals surface area contributed by atoms with Gasteiger partial charge in [0.15, 0.2) is 0 Å². The van der Waals surface area contributed by atoms with Crippen molar-refractivity contribution in [1.29, 1.82) is 0 Å². The molecule has 0 aliphatic heterocycles. The van der Waals surface area contributed by atoms with Crippen LogP contribution in [0, 0.1) is 13.8 Å². The number of hydrogen-bond acceptors (Lipinski definition) is 0. The second kappa shape index (κ2) is 7.81. The predicted octanol–water partition coefficient (Wildman–Crippen LogP) is 10.3. The molecule has 0 saturated carbocycles. The quantitative estimate of drug-likeness (QED) is 0.231. The fraction of sp³-hybridized carbons (Fsp3) is 0.211. The van der Waals surface area contributed by atoms with Crippen molar-refractivity contribution in [1.82, 2.24) is 0 Å². The maximum Gasteiger partial charge on any atom is 0.0159 e.